The first-order chi connectivity index (χ1) is 9.33. The number of nitrogens with one attached hydrogen (secondary N) is 2. The van der Waals surface area contributed by atoms with Crippen LogP contribution in [0.2, 0.25) is 0 Å². The van der Waals surface area contributed by atoms with Crippen molar-refractivity contribution in [1.29, 1.82) is 0 Å². The molecule has 0 unspecified atom stereocenters. The van der Waals surface area contributed by atoms with Crippen molar-refractivity contribution in [1.82, 2.24) is 10.6 Å². The lowest BCUT2D eigenvalue weighted by molar-refractivity contribution is -0.128. The fourth-order valence-electron chi connectivity index (χ4n) is 2.34. The van der Waals surface area contributed by atoms with Crippen LogP contribution in [0.1, 0.15) is 58.3 Å². The average Bonchev–Trinajstić information content (AvgIpc) is 2.45. The molecule has 1 heterocycles. The Morgan fingerprint density at radius 3 is 2.58 bits per heavy atom. The second-order valence-corrected chi connectivity index (χ2v) is 5.38. The van der Waals surface area contributed by atoms with Crippen LogP contribution in [0.4, 0.5) is 0 Å². The summed E-state index contributed by atoms with van der Waals surface area (Å²) in [5.41, 5.74) is 0. The first-order valence-electron chi connectivity index (χ1n) is 7.92. The maximum atomic E-state index is 11.6. The summed E-state index contributed by atoms with van der Waals surface area (Å²) in [5.74, 6) is 0.0343. The summed E-state index contributed by atoms with van der Waals surface area (Å²) in [4.78, 5) is 11.6. The topological polar surface area (TPSA) is 50.4 Å². The van der Waals surface area contributed by atoms with Gasteiger partial charge in [-0.25, -0.2) is 0 Å². The zero-order valence-electron chi connectivity index (χ0n) is 12.4. The number of ether oxygens (including phenoxy) is 1. The van der Waals surface area contributed by atoms with Crippen LogP contribution in [-0.2, 0) is 9.53 Å². The van der Waals surface area contributed by atoms with E-state index in [4.69, 9.17) is 4.74 Å². The fraction of sp³-hybridized carbons (Fsp3) is 0.933. The van der Waals surface area contributed by atoms with Gasteiger partial charge in [0.25, 0.3) is 0 Å². The maximum Gasteiger partial charge on any atom is 0.246 e. The molecule has 0 aromatic carbocycles. The Hall–Kier alpha value is -0.610. The summed E-state index contributed by atoms with van der Waals surface area (Å²) in [6.07, 6.45) is 9.83. The molecule has 19 heavy (non-hydrogen) atoms. The van der Waals surface area contributed by atoms with Gasteiger partial charge in [0, 0.05) is 6.54 Å². The van der Waals surface area contributed by atoms with Crippen LogP contribution in [0.5, 0.6) is 0 Å². The molecule has 0 aromatic rings. The van der Waals surface area contributed by atoms with Gasteiger partial charge in [-0.3, -0.25) is 4.79 Å². The third-order valence-corrected chi connectivity index (χ3v) is 3.59. The molecule has 0 aromatic heterocycles. The number of carbonyl (C=O) groups is 1. The maximum absolute atomic E-state index is 11.6. The van der Waals surface area contributed by atoms with Crippen molar-refractivity contribution >= 4 is 5.91 Å². The van der Waals surface area contributed by atoms with E-state index in [9.17, 15) is 4.79 Å². The SMILES string of the molecule is CCCCCCCCNC(=O)COC1CCNCC1. The van der Waals surface area contributed by atoms with Gasteiger partial charge in [0.05, 0.1) is 6.10 Å². The summed E-state index contributed by atoms with van der Waals surface area (Å²) in [6, 6.07) is 0. The van der Waals surface area contributed by atoms with Crippen LogP contribution in [-0.4, -0.2) is 38.3 Å². The molecular formula is C15H30N2O2. The predicted molar refractivity (Wildman–Crippen MR) is 78.2 cm³/mol. The first kappa shape index (κ1) is 16.4. The summed E-state index contributed by atoms with van der Waals surface area (Å²) >= 11 is 0. The van der Waals surface area contributed by atoms with Crippen molar-refractivity contribution in [2.24, 2.45) is 0 Å². The Morgan fingerprint density at radius 2 is 1.84 bits per heavy atom. The molecule has 1 rings (SSSR count). The Kier molecular flexibility index (Phi) is 9.72. The van der Waals surface area contributed by atoms with Gasteiger partial charge in [-0.1, -0.05) is 39.0 Å². The number of carbonyl (C=O) groups excluding carboxylic acids is 1. The van der Waals surface area contributed by atoms with Crippen LogP contribution in [0.15, 0.2) is 0 Å². The van der Waals surface area contributed by atoms with Gasteiger partial charge in [0.1, 0.15) is 6.61 Å². The third-order valence-electron chi connectivity index (χ3n) is 3.59. The molecule has 1 aliphatic heterocycles. The molecule has 0 spiro atoms. The average molecular weight is 270 g/mol. The number of rotatable bonds is 10. The van der Waals surface area contributed by atoms with Crippen LogP contribution < -0.4 is 10.6 Å². The Bertz CT molecular complexity index is 228. The lowest BCUT2D eigenvalue weighted by Gasteiger charge is -2.22. The molecule has 0 bridgehead atoms. The molecule has 0 aliphatic carbocycles. The van der Waals surface area contributed by atoms with E-state index in [1.54, 1.807) is 0 Å². The van der Waals surface area contributed by atoms with E-state index in [0.717, 1.165) is 38.9 Å². The zero-order valence-corrected chi connectivity index (χ0v) is 12.4. The van der Waals surface area contributed by atoms with Crippen molar-refractivity contribution in [3.63, 3.8) is 0 Å². The molecule has 4 heteroatoms. The predicted octanol–water partition coefficient (Wildman–Crippen LogP) is 2.23. The van der Waals surface area contributed by atoms with Gasteiger partial charge in [0.2, 0.25) is 5.91 Å². The van der Waals surface area contributed by atoms with E-state index in [1.165, 1.54) is 32.1 Å². The molecular weight excluding hydrogens is 240 g/mol. The molecule has 2 N–H and O–H groups in total. The molecule has 0 radical (unpaired) electrons. The summed E-state index contributed by atoms with van der Waals surface area (Å²) < 4.78 is 5.60. The van der Waals surface area contributed by atoms with E-state index in [1.807, 2.05) is 0 Å². The normalized spacial score (nSPS) is 16.5. The second kappa shape index (κ2) is 11.2. The number of unbranched alkanes of at least 4 members (excludes halogenated alkanes) is 5. The monoisotopic (exact) mass is 270 g/mol. The van der Waals surface area contributed by atoms with E-state index < -0.39 is 0 Å². The van der Waals surface area contributed by atoms with Gasteiger partial charge in [0.15, 0.2) is 0 Å². The minimum absolute atomic E-state index is 0.0343. The molecule has 1 aliphatic rings. The van der Waals surface area contributed by atoms with Gasteiger partial charge in [-0.05, 0) is 32.4 Å². The molecule has 1 saturated heterocycles. The van der Waals surface area contributed by atoms with Crippen molar-refractivity contribution in [3.05, 3.63) is 0 Å². The highest BCUT2D eigenvalue weighted by Gasteiger charge is 2.14. The molecule has 0 atom stereocenters. The van der Waals surface area contributed by atoms with Crippen molar-refractivity contribution < 1.29 is 9.53 Å². The van der Waals surface area contributed by atoms with Crippen molar-refractivity contribution in [2.75, 3.05) is 26.2 Å². The Morgan fingerprint density at radius 1 is 1.16 bits per heavy atom. The van der Waals surface area contributed by atoms with Gasteiger partial charge >= 0.3 is 0 Å². The standard InChI is InChI=1S/C15H30N2O2/c1-2-3-4-5-6-7-10-17-15(18)13-19-14-8-11-16-12-9-14/h14,16H,2-13H2,1H3,(H,17,18). The van der Waals surface area contributed by atoms with Crippen molar-refractivity contribution in [3.8, 4) is 0 Å². The highest BCUT2D eigenvalue weighted by Crippen LogP contribution is 2.06. The number of piperidine rings is 1. The van der Waals surface area contributed by atoms with Crippen LogP contribution in [0, 0.1) is 0 Å². The van der Waals surface area contributed by atoms with E-state index in [2.05, 4.69) is 17.6 Å². The van der Waals surface area contributed by atoms with Crippen LogP contribution in [0.3, 0.4) is 0 Å². The molecule has 0 saturated carbocycles. The fourth-order valence-corrected chi connectivity index (χ4v) is 2.34. The lowest BCUT2D eigenvalue weighted by Crippen LogP contribution is -2.36. The third kappa shape index (κ3) is 9.00. The molecule has 1 amide bonds. The minimum Gasteiger partial charge on any atom is -0.368 e. The Labute approximate surface area is 117 Å². The zero-order chi connectivity index (χ0) is 13.8. The van der Waals surface area contributed by atoms with E-state index >= 15 is 0 Å². The number of hydrogen-bond acceptors (Lipinski definition) is 3. The van der Waals surface area contributed by atoms with E-state index in [0.29, 0.717) is 0 Å². The summed E-state index contributed by atoms with van der Waals surface area (Å²) in [5, 5.41) is 6.22. The highest BCUT2D eigenvalue weighted by molar-refractivity contribution is 5.77. The quantitative estimate of drug-likeness (QED) is 0.599. The van der Waals surface area contributed by atoms with Crippen LogP contribution in [0.25, 0.3) is 0 Å². The van der Waals surface area contributed by atoms with Crippen molar-refractivity contribution in [2.45, 2.75) is 64.4 Å². The molecule has 112 valence electrons. The van der Waals surface area contributed by atoms with Gasteiger partial charge in [-0.15, -0.1) is 0 Å². The minimum atomic E-state index is 0.0343. The summed E-state index contributed by atoms with van der Waals surface area (Å²) in [7, 11) is 0. The Balaban J connectivity index is 1.87. The lowest BCUT2D eigenvalue weighted by atomic mass is 10.1. The first-order valence-corrected chi connectivity index (χ1v) is 7.92. The molecule has 4 nitrogen and oxygen atoms in total. The molecule has 1 fully saturated rings. The highest BCUT2D eigenvalue weighted by atomic mass is 16.5. The number of hydrogen-bond donors (Lipinski definition) is 2. The van der Waals surface area contributed by atoms with Gasteiger partial charge in [-0.2, -0.15) is 0 Å². The van der Waals surface area contributed by atoms with Crippen LogP contribution >= 0.6 is 0 Å². The summed E-state index contributed by atoms with van der Waals surface area (Å²) in [6.45, 7) is 5.25. The smallest absolute Gasteiger partial charge is 0.246 e. The largest absolute Gasteiger partial charge is 0.368 e. The van der Waals surface area contributed by atoms with Gasteiger partial charge < -0.3 is 15.4 Å². The second-order valence-electron chi connectivity index (χ2n) is 5.38. The number of amides is 1. The van der Waals surface area contributed by atoms with E-state index in [-0.39, 0.29) is 18.6 Å².